The monoisotopic (exact) mass is 715 g/mol. The Hall–Kier alpha value is -2.84. The Morgan fingerprint density at radius 2 is 1.06 bits per heavy atom. The summed E-state index contributed by atoms with van der Waals surface area (Å²) in [6.45, 7) is 4.42. The van der Waals surface area contributed by atoms with Crippen molar-refractivity contribution in [3.8, 4) is 0 Å². The van der Waals surface area contributed by atoms with Gasteiger partial charge >= 0.3 is 13.8 Å². The van der Waals surface area contributed by atoms with Crippen molar-refractivity contribution in [1.29, 1.82) is 0 Å². The lowest BCUT2D eigenvalue weighted by Gasteiger charge is -2.19. The third kappa shape index (κ3) is 36.4. The smallest absolute Gasteiger partial charge is 0.457 e. The molecule has 282 valence electrons. The maximum Gasteiger partial charge on any atom is 0.472 e. The van der Waals surface area contributed by atoms with E-state index in [0.717, 1.165) is 77.0 Å². The Kier molecular flexibility index (Phi) is 35.3. The summed E-state index contributed by atoms with van der Waals surface area (Å²) in [5.74, 6) is -0.475. The van der Waals surface area contributed by atoms with Crippen molar-refractivity contribution in [3.63, 3.8) is 0 Å². The van der Waals surface area contributed by atoms with Gasteiger partial charge in [-0.2, -0.15) is 0 Å². The van der Waals surface area contributed by atoms with Crippen LogP contribution in [0.2, 0.25) is 0 Å². The van der Waals surface area contributed by atoms with Crippen molar-refractivity contribution >= 4 is 13.8 Å². The fourth-order valence-electron chi connectivity index (χ4n) is 4.12. The first kappa shape index (κ1) is 47.2. The van der Waals surface area contributed by atoms with E-state index in [-0.39, 0.29) is 32.8 Å². The first-order valence-electron chi connectivity index (χ1n) is 18.4. The summed E-state index contributed by atoms with van der Waals surface area (Å²) >= 11 is 0. The molecule has 0 bridgehead atoms. The molecule has 0 spiro atoms. The number of carbonyl (C=O) groups is 1. The fraction of sp³-hybridized carbons (Fsp3) is 0.537. The average molecular weight is 716 g/mol. The molecule has 0 aromatic carbocycles. The number of carbonyl (C=O) groups excluding carboxylic acids is 1. The van der Waals surface area contributed by atoms with E-state index in [4.69, 9.17) is 24.3 Å². The van der Waals surface area contributed by atoms with E-state index in [2.05, 4.69) is 105 Å². The summed E-state index contributed by atoms with van der Waals surface area (Å²) < 4.78 is 33.1. The van der Waals surface area contributed by atoms with Crippen LogP contribution in [0, 0.1) is 0 Å². The highest BCUT2D eigenvalue weighted by Gasteiger charge is 2.25. The molecule has 0 aromatic heterocycles. The highest BCUT2D eigenvalue weighted by atomic mass is 31.2. The number of nitrogens with two attached hydrogens (primary N) is 1. The van der Waals surface area contributed by atoms with Crippen LogP contribution in [-0.4, -0.2) is 49.9 Å². The molecule has 0 aliphatic heterocycles. The summed E-state index contributed by atoms with van der Waals surface area (Å²) in [4.78, 5) is 22.3. The van der Waals surface area contributed by atoms with Gasteiger partial charge in [0.15, 0.2) is 0 Å². The van der Waals surface area contributed by atoms with Crippen LogP contribution in [0.1, 0.15) is 104 Å². The molecule has 0 amide bonds. The fourth-order valence-corrected chi connectivity index (χ4v) is 4.88. The normalized spacial score (nSPS) is 14.9. The number of hydrogen-bond acceptors (Lipinski definition) is 7. The number of esters is 1. The molecule has 0 aliphatic rings. The van der Waals surface area contributed by atoms with Crippen LogP contribution in [0.5, 0.6) is 0 Å². The standard InChI is InChI=1S/C41H66NO7P/c1-3-5-7-9-11-13-15-17-19-21-23-25-27-29-31-33-36-46-38-40(39-48-50(44,45)47-37-35-42)49-41(43)34-32-30-28-26-24-22-20-18-16-14-12-10-8-6-4-2/h5-8,11-14,17-20,23-26,30,32,40H,3-4,9-10,15-16,21-22,27-29,31,33-39,42H2,1-2H3,(H,44,45)/b7-5-,8-6-,13-11-,14-12-,19-17-,20-18-,25-23-,26-24-,32-30-. The van der Waals surface area contributed by atoms with Gasteiger partial charge in [0.1, 0.15) is 6.10 Å². The van der Waals surface area contributed by atoms with Gasteiger partial charge in [-0.05, 0) is 77.0 Å². The van der Waals surface area contributed by atoms with Gasteiger partial charge in [-0.3, -0.25) is 13.8 Å². The number of allylic oxidation sites excluding steroid dienone is 17. The molecule has 2 atom stereocenters. The predicted molar refractivity (Wildman–Crippen MR) is 210 cm³/mol. The minimum Gasteiger partial charge on any atom is -0.457 e. The molecule has 0 saturated carbocycles. The topological polar surface area (TPSA) is 117 Å². The van der Waals surface area contributed by atoms with Crippen molar-refractivity contribution in [2.75, 3.05) is 33.0 Å². The quantitative estimate of drug-likeness (QED) is 0.0298. The summed E-state index contributed by atoms with van der Waals surface area (Å²) in [5, 5.41) is 0. The van der Waals surface area contributed by atoms with E-state index >= 15 is 0 Å². The largest absolute Gasteiger partial charge is 0.472 e. The van der Waals surface area contributed by atoms with Crippen molar-refractivity contribution in [1.82, 2.24) is 0 Å². The Labute approximate surface area is 303 Å². The maximum absolute atomic E-state index is 12.5. The zero-order chi connectivity index (χ0) is 36.6. The maximum atomic E-state index is 12.5. The SMILES string of the molecule is CC/C=C\C/C=C\C/C=C\C/C=C\C/C=C\CC(=O)OC(COCCCCC/C=C\C/C=C\C/C=C\C/C=C\CC)COP(=O)(O)OCCN. The number of hydrogen-bond donors (Lipinski definition) is 2. The lowest BCUT2D eigenvalue weighted by molar-refractivity contribution is -0.153. The van der Waals surface area contributed by atoms with Crippen molar-refractivity contribution in [2.24, 2.45) is 5.73 Å². The first-order valence-corrected chi connectivity index (χ1v) is 19.9. The Morgan fingerprint density at radius 3 is 1.54 bits per heavy atom. The van der Waals surface area contributed by atoms with Gasteiger partial charge in [0, 0.05) is 13.2 Å². The van der Waals surface area contributed by atoms with Crippen LogP contribution < -0.4 is 5.73 Å². The number of phosphoric acid groups is 1. The predicted octanol–water partition coefficient (Wildman–Crippen LogP) is 10.5. The molecule has 0 aliphatic carbocycles. The van der Waals surface area contributed by atoms with Gasteiger partial charge in [0.2, 0.25) is 0 Å². The molecule has 8 nitrogen and oxygen atoms in total. The van der Waals surface area contributed by atoms with Crippen LogP contribution in [0.25, 0.3) is 0 Å². The summed E-state index contributed by atoms with van der Waals surface area (Å²) in [6.07, 6.45) is 49.9. The van der Waals surface area contributed by atoms with Crippen molar-refractivity contribution in [3.05, 3.63) is 109 Å². The van der Waals surface area contributed by atoms with Crippen LogP contribution in [0.3, 0.4) is 0 Å². The van der Waals surface area contributed by atoms with Crippen LogP contribution in [0.15, 0.2) is 109 Å². The van der Waals surface area contributed by atoms with E-state index in [1.807, 2.05) is 12.2 Å². The molecule has 0 fully saturated rings. The van der Waals surface area contributed by atoms with E-state index < -0.39 is 19.9 Å². The number of phosphoric ester groups is 1. The second kappa shape index (κ2) is 37.4. The molecule has 3 N–H and O–H groups in total. The molecular weight excluding hydrogens is 649 g/mol. The van der Waals surface area contributed by atoms with Gasteiger partial charge < -0.3 is 20.1 Å². The van der Waals surface area contributed by atoms with E-state index in [9.17, 15) is 14.3 Å². The van der Waals surface area contributed by atoms with Gasteiger partial charge in [0.05, 0.1) is 26.2 Å². The van der Waals surface area contributed by atoms with Gasteiger partial charge in [-0.25, -0.2) is 4.57 Å². The second-order valence-corrected chi connectivity index (χ2v) is 12.8. The van der Waals surface area contributed by atoms with Crippen molar-refractivity contribution in [2.45, 2.75) is 110 Å². The molecule has 50 heavy (non-hydrogen) atoms. The lowest BCUT2D eigenvalue weighted by atomic mass is 10.2. The number of ether oxygens (including phenoxy) is 2. The minimum atomic E-state index is -4.31. The van der Waals surface area contributed by atoms with Gasteiger partial charge in [0.25, 0.3) is 0 Å². The van der Waals surface area contributed by atoms with E-state index in [1.165, 1.54) is 0 Å². The summed E-state index contributed by atoms with van der Waals surface area (Å²) in [6, 6.07) is 0. The second-order valence-electron chi connectivity index (χ2n) is 11.3. The lowest BCUT2D eigenvalue weighted by Crippen LogP contribution is -2.28. The Bertz CT molecular complexity index is 1120. The van der Waals surface area contributed by atoms with E-state index in [0.29, 0.717) is 13.0 Å². The average Bonchev–Trinajstić information content (AvgIpc) is 3.10. The number of rotatable bonds is 33. The van der Waals surface area contributed by atoms with E-state index in [1.54, 1.807) is 6.08 Å². The van der Waals surface area contributed by atoms with Crippen LogP contribution in [0.4, 0.5) is 0 Å². The summed E-state index contributed by atoms with van der Waals surface area (Å²) in [5.41, 5.74) is 5.34. The molecular formula is C41H66NO7P. The minimum absolute atomic E-state index is 0.0468. The van der Waals surface area contributed by atoms with Gasteiger partial charge in [-0.1, -0.05) is 130 Å². The Balaban J connectivity index is 4.35. The highest BCUT2D eigenvalue weighted by Crippen LogP contribution is 2.43. The molecule has 0 saturated heterocycles. The zero-order valence-electron chi connectivity index (χ0n) is 30.8. The Morgan fingerprint density at radius 1 is 0.600 bits per heavy atom. The molecule has 0 aromatic rings. The van der Waals surface area contributed by atoms with Gasteiger partial charge in [-0.15, -0.1) is 0 Å². The zero-order valence-corrected chi connectivity index (χ0v) is 31.7. The van der Waals surface area contributed by atoms with Crippen LogP contribution in [-0.2, 0) is 27.9 Å². The van der Waals surface area contributed by atoms with Crippen molar-refractivity contribution < 1.29 is 32.8 Å². The number of unbranched alkanes of at least 4 members (excludes halogenated alkanes) is 3. The third-order valence-electron chi connectivity index (χ3n) is 6.72. The van der Waals surface area contributed by atoms with Crippen LogP contribution >= 0.6 is 7.82 Å². The molecule has 0 radical (unpaired) electrons. The summed E-state index contributed by atoms with van der Waals surface area (Å²) in [7, 11) is -4.31. The first-order chi connectivity index (χ1) is 24.4. The third-order valence-corrected chi connectivity index (χ3v) is 7.70. The molecule has 0 rings (SSSR count). The molecule has 0 heterocycles. The highest BCUT2D eigenvalue weighted by molar-refractivity contribution is 7.47. The molecule has 2 unspecified atom stereocenters. The molecule has 9 heteroatoms.